The zero-order valence-corrected chi connectivity index (χ0v) is 23.0. The molecule has 1 saturated carbocycles. The Labute approximate surface area is 207 Å². The van der Waals surface area contributed by atoms with Gasteiger partial charge in [-0.15, -0.1) is 0 Å². The summed E-state index contributed by atoms with van der Waals surface area (Å²) in [6.45, 7) is 6.42. The minimum absolute atomic E-state index is 0.150. The summed E-state index contributed by atoms with van der Waals surface area (Å²) in [4.78, 5) is 0.411. The topological polar surface area (TPSA) is 92.3 Å². The van der Waals surface area contributed by atoms with Crippen LogP contribution in [0.1, 0.15) is 40.0 Å². The lowest BCUT2D eigenvalue weighted by Gasteiger charge is -2.46. The third kappa shape index (κ3) is 6.64. The van der Waals surface area contributed by atoms with Gasteiger partial charge < -0.3 is 0 Å². The van der Waals surface area contributed by atoms with Gasteiger partial charge in [-0.1, -0.05) is 52.6 Å². The van der Waals surface area contributed by atoms with Crippen molar-refractivity contribution < 1.29 is 16.8 Å². The van der Waals surface area contributed by atoms with Gasteiger partial charge >= 0.3 is 0 Å². The van der Waals surface area contributed by atoms with Crippen molar-refractivity contribution in [1.82, 2.24) is 9.44 Å². The predicted molar refractivity (Wildman–Crippen MR) is 133 cm³/mol. The second kappa shape index (κ2) is 9.46. The lowest BCUT2D eigenvalue weighted by atomic mass is 9.63. The molecule has 0 amide bonds. The summed E-state index contributed by atoms with van der Waals surface area (Å²) in [5.74, 6) is 0. The van der Waals surface area contributed by atoms with Crippen LogP contribution < -0.4 is 9.44 Å². The average molecular weight is 608 g/mol. The standard InChI is InChI=1S/C22H28Br2N2O4S2/c1-21(2)12-18(26-32(29,30)20-10-6-17(24)7-11-20)13-22(3,14-21)15-25-31(27,28)19-8-4-16(23)5-9-19/h4-11,18,25-26H,12-15H2,1-3H3. The third-order valence-electron chi connectivity index (χ3n) is 5.70. The van der Waals surface area contributed by atoms with Crippen molar-refractivity contribution in [2.45, 2.75) is 55.9 Å². The highest BCUT2D eigenvalue weighted by Gasteiger charge is 2.43. The van der Waals surface area contributed by atoms with Crippen LogP contribution in [-0.4, -0.2) is 29.4 Å². The fourth-order valence-corrected chi connectivity index (χ4v) is 7.68. The number of sulfonamides is 2. The van der Waals surface area contributed by atoms with Crippen molar-refractivity contribution in [3.05, 3.63) is 57.5 Å². The van der Waals surface area contributed by atoms with E-state index < -0.39 is 25.5 Å². The lowest BCUT2D eigenvalue weighted by Crippen LogP contribution is -2.50. The first-order valence-electron chi connectivity index (χ1n) is 10.2. The molecule has 0 heterocycles. The Morgan fingerprint density at radius 2 is 1.28 bits per heavy atom. The zero-order valence-electron chi connectivity index (χ0n) is 18.2. The van der Waals surface area contributed by atoms with Gasteiger partial charge in [-0.2, -0.15) is 0 Å². The van der Waals surface area contributed by atoms with E-state index >= 15 is 0 Å². The van der Waals surface area contributed by atoms with Gasteiger partial charge in [0.15, 0.2) is 0 Å². The van der Waals surface area contributed by atoms with E-state index in [9.17, 15) is 16.8 Å². The van der Waals surface area contributed by atoms with E-state index in [-0.39, 0.29) is 27.8 Å². The van der Waals surface area contributed by atoms with Gasteiger partial charge in [-0.25, -0.2) is 26.3 Å². The molecule has 1 aliphatic carbocycles. The first-order valence-corrected chi connectivity index (χ1v) is 14.8. The summed E-state index contributed by atoms with van der Waals surface area (Å²) in [7, 11) is -7.35. The minimum atomic E-state index is -3.68. The Morgan fingerprint density at radius 3 is 1.78 bits per heavy atom. The Balaban J connectivity index is 1.75. The van der Waals surface area contributed by atoms with E-state index in [0.29, 0.717) is 12.8 Å². The van der Waals surface area contributed by atoms with Crippen LogP contribution in [-0.2, 0) is 20.0 Å². The molecule has 6 nitrogen and oxygen atoms in total. The van der Waals surface area contributed by atoms with E-state index in [4.69, 9.17) is 0 Å². The molecule has 10 heteroatoms. The Kier molecular flexibility index (Phi) is 7.64. The highest BCUT2D eigenvalue weighted by atomic mass is 79.9. The molecule has 32 heavy (non-hydrogen) atoms. The molecular formula is C22H28Br2N2O4S2. The van der Waals surface area contributed by atoms with E-state index in [2.05, 4.69) is 55.2 Å². The van der Waals surface area contributed by atoms with Gasteiger partial charge in [-0.05, 0) is 78.6 Å². The average Bonchev–Trinajstić information content (AvgIpc) is 2.65. The highest BCUT2D eigenvalue weighted by Crippen LogP contribution is 2.46. The number of nitrogens with one attached hydrogen (secondary N) is 2. The largest absolute Gasteiger partial charge is 0.240 e. The Morgan fingerprint density at radius 1 is 0.812 bits per heavy atom. The second-order valence-electron chi connectivity index (χ2n) is 9.61. The third-order valence-corrected chi connectivity index (χ3v) is 9.71. The van der Waals surface area contributed by atoms with Crippen LogP contribution in [0.4, 0.5) is 0 Å². The summed E-state index contributed by atoms with van der Waals surface area (Å²) in [6, 6.07) is 12.7. The van der Waals surface area contributed by atoms with Gasteiger partial charge in [0.1, 0.15) is 0 Å². The van der Waals surface area contributed by atoms with E-state index in [0.717, 1.165) is 15.4 Å². The van der Waals surface area contributed by atoms with Crippen molar-refractivity contribution >= 4 is 51.9 Å². The molecule has 0 radical (unpaired) electrons. The smallest absolute Gasteiger partial charge is 0.211 e. The van der Waals surface area contributed by atoms with Crippen LogP contribution in [0.25, 0.3) is 0 Å². The summed E-state index contributed by atoms with van der Waals surface area (Å²) < 4.78 is 58.6. The van der Waals surface area contributed by atoms with E-state index in [1.165, 1.54) is 0 Å². The quantitative estimate of drug-likeness (QED) is 0.460. The normalized spacial score (nSPS) is 23.7. The van der Waals surface area contributed by atoms with Crippen LogP contribution in [0.2, 0.25) is 0 Å². The van der Waals surface area contributed by atoms with Crippen molar-refractivity contribution in [1.29, 1.82) is 0 Å². The van der Waals surface area contributed by atoms with Crippen molar-refractivity contribution in [3.63, 3.8) is 0 Å². The number of hydrogen-bond acceptors (Lipinski definition) is 4. The second-order valence-corrected chi connectivity index (χ2v) is 14.9. The molecule has 2 unspecified atom stereocenters. The monoisotopic (exact) mass is 606 g/mol. The highest BCUT2D eigenvalue weighted by molar-refractivity contribution is 9.10. The summed E-state index contributed by atoms with van der Waals surface area (Å²) in [5.41, 5.74) is -0.556. The molecule has 0 bridgehead atoms. The van der Waals surface area contributed by atoms with Crippen molar-refractivity contribution in [2.75, 3.05) is 6.54 Å². The van der Waals surface area contributed by atoms with Crippen LogP contribution >= 0.6 is 31.9 Å². The number of halogens is 2. The number of benzene rings is 2. The molecule has 3 rings (SSSR count). The van der Waals surface area contributed by atoms with Crippen LogP contribution in [0.3, 0.4) is 0 Å². The number of rotatable bonds is 7. The molecule has 1 aliphatic rings. The van der Waals surface area contributed by atoms with E-state index in [1.54, 1.807) is 48.5 Å². The maximum absolute atomic E-state index is 12.9. The minimum Gasteiger partial charge on any atom is -0.211 e. The van der Waals surface area contributed by atoms with Crippen molar-refractivity contribution in [2.24, 2.45) is 10.8 Å². The van der Waals surface area contributed by atoms with Crippen molar-refractivity contribution in [3.8, 4) is 0 Å². The molecule has 0 saturated heterocycles. The maximum atomic E-state index is 12.9. The first-order chi connectivity index (χ1) is 14.7. The molecule has 2 atom stereocenters. The molecular weight excluding hydrogens is 580 g/mol. The fraction of sp³-hybridized carbons (Fsp3) is 0.455. The molecule has 0 spiro atoms. The van der Waals surface area contributed by atoms with Crippen LogP contribution in [0.5, 0.6) is 0 Å². The summed E-state index contributed by atoms with van der Waals surface area (Å²) in [6.07, 6.45) is 1.99. The van der Waals surface area contributed by atoms with Gasteiger partial charge in [0.05, 0.1) is 9.79 Å². The molecule has 2 aromatic carbocycles. The lowest BCUT2D eigenvalue weighted by molar-refractivity contribution is 0.0821. The van der Waals surface area contributed by atoms with Gasteiger partial charge in [-0.3, -0.25) is 0 Å². The molecule has 1 fully saturated rings. The maximum Gasteiger partial charge on any atom is 0.240 e. The SMILES string of the molecule is CC1(C)CC(NS(=O)(=O)c2ccc(Br)cc2)CC(C)(CNS(=O)(=O)c2ccc(Br)cc2)C1. The predicted octanol–water partition coefficient (Wildman–Crippen LogP) is 5.05. The zero-order chi connectivity index (χ0) is 23.8. The molecule has 0 aliphatic heterocycles. The molecule has 0 aromatic heterocycles. The van der Waals surface area contributed by atoms with Crippen LogP contribution in [0, 0.1) is 10.8 Å². The van der Waals surface area contributed by atoms with E-state index in [1.807, 2.05) is 6.92 Å². The molecule has 176 valence electrons. The summed E-state index contributed by atoms with van der Waals surface area (Å²) >= 11 is 6.63. The first kappa shape index (κ1) is 25.8. The van der Waals surface area contributed by atoms with Crippen LogP contribution in [0.15, 0.2) is 67.3 Å². The fourth-order valence-electron chi connectivity index (χ4n) is 4.72. The van der Waals surface area contributed by atoms with Gasteiger partial charge in [0.25, 0.3) is 0 Å². The Bertz CT molecular complexity index is 1170. The number of hydrogen-bond donors (Lipinski definition) is 2. The molecule has 2 aromatic rings. The van der Waals surface area contributed by atoms with Gasteiger partial charge in [0.2, 0.25) is 20.0 Å². The molecule has 2 N–H and O–H groups in total. The summed E-state index contributed by atoms with van der Waals surface area (Å²) in [5, 5.41) is 0. The Hall–Kier alpha value is -0.780. The van der Waals surface area contributed by atoms with Gasteiger partial charge in [0, 0.05) is 21.5 Å².